The molecule has 3 heteroatoms. The van der Waals surface area contributed by atoms with Gasteiger partial charge in [-0.05, 0) is 49.4 Å². The van der Waals surface area contributed by atoms with Crippen LogP contribution in [0.1, 0.15) is 20.3 Å². The number of allylic oxidation sites excluding steroid dienone is 1. The van der Waals surface area contributed by atoms with Crippen molar-refractivity contribution in [3.8, 4) is 0 Å². The molecule has 2 nitrogen and oxygen atoms in total. The quantitative estimate of drug-likeness (QED) is 0.352. The normalized spacial score (nSPS) is 11.9. The molecule has 0 atom stereocenters. The molecule has 0 aliphatic carbocycles. The van der Waals surface area contributed by atoms with Gasteiger partial charge in [-0.25, -0.2) is 0 Å². The number of benzene rings is 3. The average molecular weight is 375 g/mol. The van der Waals surface area contributed by atoms with Gasteiger partial charge in [0.05, 0.1) is 0 Å². The van der Waals surface area contributed by atoms with Crippen molar-refractivity contribution in [3.05, 3.63) is 103 Å². The Morgan fingerprint density at radius 2 is 1.15 bits per heavy atom. The molecule has 0 amide bonds. The lowest BCUT2D eigenvalue weighted by atomic mass is 10.4. The Morgan fingerprint density at radius 3 is 1.44 bits per heavy atom. The molecule has 0 aliphatic heterocycles. The Bertz CT molecular complexity index is 806. The molecule has 0 N–H and O–H groups in total. The number of ether oxygens (including phenoxy) is 1. The summed E-state index contributed by atoms with van der Waals surface area (Å²) >= 11 is 0. The summed E-state index contributed by atoms with van der Waals surface area (Å²) in [6.07, 6.45) is 2.30. The van der Waals surface area contributed by atoms with E-state index in [4.69, 9.17) is 4.74 Å². The number of carbonyl (C=O) groups is 1. The van der Waals surface area contributed by atoms with Gasteiger partial charge in [-0.15, -0.1) is 0 Å². The predicted octanol–water partition coefficient (Wildman–Crippen LogP) is 4.80. The van der Waals surface area contributed by atoms with Crippen molar-refractivity contribution in [2.45, 2.75) is 20.3 Å². The van der Waals surface area contributed by atoms with Crippen molar-refractivity contribution in [1.29, 1.82) is 0 Å². The van der Waals surface area contributed by atoms with Crippen LogP contribution in [0.3, 0.4) is 0 Å². The summed E-state index contributed by atoms with van der Waals surface area (Å²) in [4.78, 5) is 12.3. The van der Waals surface area contributed by atoms with Gasteiger partial charge < -0.3 is 4.74 Å². The molecule has 0 heterocycles. The fraction of sp³-hybridized carbons (Fsp3) is 0.125. The van der Waals surface area contributed by atoms with Crippen LogP contribution in [0.5, 0.6) is 0 Å². The SMILES string of the molecule is C/C=C(\OC(=O)CC)[P+](c1ccccc1)(c1ccccc1)c1ccccc1. The molecule has 0 spiro atoms. The van der Waals surface area contributed by atoms with Gasteiger partial charge in [-0.3, -0.25) is 4.79 Å². The molecule has 0 aliphatic rings. The fourth-order valence-corrected chi connectivity index (χ4v) is 7.44. The van der Waals surface area contributed by atoms with Crippen molar-refractivity contribution >= 4 is 29.1 Å². The molecular weight excluding hydrogens is 351 g/mol. The van der Waals surface area contributed by atoms with Gasteiger partial charge in [-0.2, -0.15) is 0 Å². The average Bonchev–Trinajstić information content (AvgIpc) is 2.75. The van der Waals surface area contributed by atoms with E-state index in [1.807, 2.05) is 74.5 Å². The monoisotopic (exact) mass is 375 g/mol. The molecule has 27 heavy (non-hydrogen) atoms. The molecule has 3 aromatic carbocycles. The van der Waals surface area contributed by atoms with Gasteiger partial charge in [-0.1, -0.05) is 61.5 Å². The van der Waals surface area contributed by atoms with E-state index in [1.54, 1.807) is 0 Å². The van der Waals surface area contributed by atoms with E-state index in [0.29, 0.717) is 6.42 Å². The molecule has 0 saturated carbocycles. The summed E-state index contributed by atoms with van der Waals surface area (Å²) in [6, 6.07) is 31.1. The Balaban J connectivity index is 2.37. The Labute approximate surface area is 161 Å². The van der Waals surface area contributed by atoms with E-state index in [1.165, 1.54) is 15.9 Å². The molecule has 3 rings (SSSR count). The number of hydrogen-bond acceptors (Lipinski definition) is 2. The number of rotatable bonds is 6. The highest BCUT2D eigenvalue weighted by Gasteiger charge is 2.51. The third-order valence-corrected chi connectivity index (χ3v) is 8.74. The molecule has 136 valence electrons. The third kappa shape index (κ3) is 3.72. The highest BCUT2D eigenvalue weighted by atomic mass is 31.2. The maximum atomic E-state index is 12.3. The lowest BCUT2D eigenvalue weighted by molar-refractivity contribution is -0.138. The van der Waals surface area contributed by atoms with Crippen LogP contribution in [0.15, 0.2) is 103 Å². The first-order valence-electron chi connectivity index (χ1n) is 9.17. The summed E-state index contributed by atoms with van der Waals surface area (Å²) < 4.78 is 5.95. The van der Waals surface area contributed by atoms with Crippen LogP contribution in [0.4, 0.5) is 0 Å². The second-order valence-electron chi connectivity index (χ2n) is 6.13. The summed E-state index contributed by atoms with van der Waals surface area (Å²) in [6.45, 7) is 3.77. The first-order valence-corrected chi connectivity index (χ1v) is 11.0. The minimum atomic E-state index is -2.31. The maximum absolute atomic E-state index is 12.3. The van der Waals surface area contributed by atoms with E-state index in [9.17, 15) is 4.79 Å². The Morgan fingerprint density at radius 1 is 0.778 bits per heavy atom. The van der Waals surface area contributed by atoms with E-state index in [2.05, 4.69) is 36.4 Å². The van der Waals surface area contributed by atoms with Crippen molar-refractivity contribution in [1.82, 2.24) is 0 Å². The highest BCUT2D eigenvalue weighted by Crippen LogP contribution is 2.62. The van der Waals surface area contributed by atoms with Crippen LogP contribution in [0.25, 0.3) is 0 Å². The minimum Gasteiger partial charge on any atom is -0.393 e. The minimum absolute atomic E-state index is 0.213. The first-order chi connectivity index (χ1) is 13.2. The van der Waals surface area contributed by atoms with Crippen molar-refractivity contribution in [2.75, 3.05) is 0 Å². The predicted molar refractivity (Wildman–Crippen MR) is 115 cm³/mol. The van der Waals surface area contributed by atoms with Gasteiger partial charge in [0.1, 0.15) is 15.9 Å². The standard InChI is InChI=1S/C24H24O2P/c1-3-23(25)26-24(4-2)27(20-14-8-5-9-15-20,21-16-10-6-11-17-21)22-18-12-7-13-19-22/h4-19H,3H2,1-2H3/q+1/b24-4+. The number of hydrogen-bond donors (Lipinski definition) is 0. The lowest BCUT2D eigenvalue weighted by Crippen LogP contribution is -2.33. The first kappa shape index (κ1) is 19.1. The molecule has 3 aromatic rings. The van der Waals surface area contributed by atoms with E-state index >= 15 is 0 Å². The largest absolute Gasteiger partial charge is 0.393 e. The molecule has 0 fully saturated rings. The van der Waals surface area contributed by atoms with Gasteiger partial charge in [0.2, 0.25) is 0 Å². The molecule has 0 saturated heterocycles. The van der Waals surface area contributed by atoms with Crippen LogP contribution < -0.4 is 15.9 Å². The molecular formula is C24H24O2P+. The number of carbonyl (C=O) groups excluding carboxylic acids is 1. The third-order valence-electron chi connectivity index (χ3n) is 4.52. The molecule has 0 unspecified atom stereocenters. The summed E-state index contributed by atoms with van der Waals surface area (Å²) in [5.41, 5.74) is 0.734. The van der Waals surface area contributed by atoms with Crippen LogP contribution in [-0.4, -0.2) is 5.97 Å². The zero-order valence-corrected chi connectivity index (χ0v) is 16.6. The van der Waals surface area contributed by atoms with Gasteiger partial charge >= 0.3 is 5.97 Å². The van der Waals surface area contributed by atoms with Gasteiger partial charge in [0.25, 0.3) is 5.50 Å². The van der Waals surface area contributed by atoms with Gasteiger partial charge in [0, 0.05) is 6.42 Å². The van der Waals surface area contributed by atoms with Crippen LogP contribution in [-0.2, 0) is 9.53 Å². The van der Waals surface area contributed by atoms with Crippen LogP contribution in [0, 0.1) is 0 Å². The van der Waals surface area contributed by atoms with Crippen molar-refractivity contribution < 1.29 is 9.53 Å². The highest BCUT2D eigenvalue weighted by molar-refractivity contribution is 7.98. The van der Waals surface area contributed by atoms with E-state index < -0.39 is 7.26 Å². The van der Waals surface area contributed by atoms with Crippen LogP contribution in [0.2, 0.25) is 0 Å². The number of esters is 1. The molecule has 0 bridgehead atoms. The fourth-order valence-electron chi connectivity index (χ4n) is 3.29. The second-order valence-corrected chi connectivity index (χ2v) is 9.46. The topological polar surface area (TPSA) is 26.3 Å². The van der Waals surface area contributed by atoms with Crippen molar-refractivity contribution in [3.63, 3.8) is 0 Å². The molecule has 0 aromatic heterocycles. The summed E-state index contributed by atoms with van der Waals surface area (Å²) in [5, 5.41) is 3.50. The van der Waals surface area contributed by atoms with Crippen molar-refractivity contribution in [2.24, 2.45) is 0 Å². The Hall–Kier alpha value is -2.70. The zero-order chi connectivity index (χ0) is 19.1. The smallest absolute Gasteiger partial charge is 0.313 e. The maximum Gasteiger partial charge on any atom is 0.313 e. The lowest BCUT2D eigenvalue weighted by Gasteiger charge is -2.28. The van der Waals surface area contributed by atoms with Gasteiger partial charge in [0.15, 0.2) is 7.26 Å². The summed E-state index contributed by atoms with van der Waals surface area (Å²) in [5.74, 6) is -0.213. The zero-order valence-electron chi connectivity index (χ0n) is 15.7. The van der Waals surface area contributed by atoms with Crippen LogP contribution >= 0.6 is 7.26 Å². The summed E-state index contributed by atoms with van der Waals surface area (Å²) in [7, 11) is -2.31. The molecule has 0 radical (unpaired) electrons. The Kier molecular flexibility index (Phi) is 6.21. The second kappa shape index (κ2) is 8.79. The van der Waals surface area contributed by atoms with E-state index in [-0.39, 0.29) is 5.97 Å². The van der Waals surface area contributed by atoms with E-state index in [0.717, 1.165) is 5.50 Å².